The number of nitrogens with zero attached hydrogens (tertiary/aromatic N) is 2. The molecule has 2 aromatic carbocycles. The van der Waals surface area contributed by atoms with Crippen LogP contribution in [-0.4, -0.2) is 93.2 Å². The molecular formula is C35H42N6O7. The van der Waals surface area contributed by atoms with E-state index in [1.807, 2.05) is 37.4 Å². The Kier molecular flexibility index (Phi) is 10.5. The van der Waals surface area contributed by atoms with Crippen LogP contribution in [0.4, 0.5) is 0 Å². The number of carboxylic acid groups (broad SMARTS) is 1. The van der Waals surface area contributed by atoms with Crippen molar-refractivity contribution in [2.75, 3.05) is 13.6 Å². The van der Waals surface area contributed by atoms with E-state index in [0.29, 0.717) is 12.8 Å². The summed E-state index contributed by atoms with van der Waals surface area (Å²) in [5.74, 6) is -4.57. The first-order chi connectivity index (χ1) is 23.0. The monoisotopic (exact) mass is 658 g/mol. The molecule has 2 aliphatic heterocycles. The second-order valence-corrected chi connectivity index (χ2v) is 12.7. The minimum atomic E-state index is -1.52. The van der Waals surface area contributed by atoms with Crippen molar-refractivity contribution in [1.82, 2.24) is 25.4 Å². The van der Waals surface area contributed by atoms with Crippen LogP contribution in [0.25, 0.3) is 10.9 Å². The third-order valence-electron chi connectivity index (χ3n) is 9.43. The molecule has 6 N–H and O–H groups in total. The molecule has 3 aromatic rings. The number of H-pyrrole nitrogens is 1. The summed E-state index contributed by atoms with van der Waals surface area (Å²) in [6.07, 6.45) is 3.36. The molecule has 0 saturated carbocycles. The standard InChI is InChI=1S/C35H42N6O7/c1-3-8-21-13-14-41(35(48)25-16-23-19-37-24-12-7-11-22(30(23)24)17-28(42)38-25)31(21)33(46)39-26(18-29(43)44)34(47)40(2)27(32(36)45)15-20-9-5-4-6-10-20/h4-7,9-12,19,21,25-27,31,37H,3,8,13-18H2,1-2H3,(H2,36,45)(H,38,42)(H,39,46)(H,43,44). The van der Waals surface area contributed by atoms with E-state index in [9.17, 15) is 33.9 Å². The van der Waals surface area contributed by atoms with Gasteiger partial charge in [-0.3, -0.25) is 28.8 Å². The third kappa shape index (κ3) is 7.35. The van der Waals surface area contributed by atoms with Gasteiger partial charge in [-0.2, -0.15) is 0 Å². The minimum absolute atomic E-state index is 0.0947. The van der Waals surface area contributed by atoms with Gasteiger partial charge in [0.1, 0.15) is 24.2 Å². The Morgan fingerprint density at radius 1 is 1.08 bits per heavy atom. The molecule has 0 radical (unpaired) electrons. The van der Waals surface area contributed by atoms with Gasteiger partial charge in [-0.25, -0.2) is 0 Å². The van der Waals surface area contributed by atoms with Crippen molar-refractivity contribution in [3.63, 3.8) is 0 Å². The second-order valence-electron chi connectivity index (χ2n) is 12.7. The Hall–Kier alpha value is -5.20. The van der Waals surface area contributed by atoms with Crippen LogP contribution in [0.2, 0.25) is 0 Å². The molecule has 1 fully saturated rings. The first-order valence-electron chi connectivity index (χ1n) is 16.3. The van der Waals surface area contributed by atoms with Crippen LogP contribution in [0.15, 0.2) is 54.7 Å². The number of likely N-dealkylation sites (N-methyl/N-ethyl adjacent to an activating group) is 1. The fraction of sp³-hybridized carbons (Fsp3) is 0.429. The van der Waals surface area contributed by atoms with E-state index in [2.05, 4.69) is 15.6 Å². The van der Waals surface area contributed by atoms with Crippen LogP contribution in [-0.2, 0) is 48.0 Å². The zero-order valence-electron chi connectivity index (χ0n) is 27.1. The summed E-state index contributed by atoms with van der Waals surface area (Å²) >= 11 is 0. The molecule has 3 heterocycles. The normalized spacial score (nSPS) is 20.2. The fourth-order valence-corrected chi connectivity index (χ4v) is 7.11. The first-order valence-corrected chi connectivity index (χ1v) is 16.3. The van der Waals surface area contributed by atoms with Crippen LogP contribution in [0.3, 0.4) is 0 Å². The topological polar surface area (TPSA) is 195 Å². The van der Waals surface area contributed by atoms with Gasteiger partial charge < -0.3 is 36.3 Å². The summed E-state index contributed by atoms with van der Waals surface area (Å²) in [6, 6.07) is 10.0. The number of carboxylic acids is 1. The van der Waals surface area contributed by atoms with E-state index in [0.717, 1.165) is 38.9 Å². The Morgan fingerprint density at radius 3 is 2.52 bits per heavy atom. The largest absolute Gasteiger partial charge is 0.481 e. The molecule has 1 aromatic heterocycles. The maximum Gasteiger partial charge on any atom is 0.305 e. The molecule has 0 bridgehead atoms. The van der Waals surface area contributed by atoms with Crippen molar-refractivity contribution in [2.45, 2.75) is 76.0 Å². The quantitative estimate of drug-likeness (QED) is 0.193. The van der Waals surface area contributed by atoms with E-state index < -0.39 is 60.2 Å². The molecule has 2 aliphatic rings. The third-order valence-corrected chi connectivity index (χ3v) is 9.43. The first kappa shape index (κ1) is 34.1. The van der Waals surface area contributed by atoms with Crippen molar-refractivity contribution in [3.05, 3.63) is 71.4 Å². The highest BCUT2D eigenvalue weighted by Gasteiger charge is 2.45. The van der Waals surface area contributed by atoms with E-state index in [-0.39, 0.29) is 37.6 Å². The van der Waals surface area contributed by atoms with Crippen LogP contribution < -0.4 is 16.4 Å². The minimum Gasteiger partial charge on any atom is -0.481 e. The van der Waals surface area contributed by atoms with Gasteiger partial charge in [0.15, 0.2) is 0 Å². The summed E-state index contributed by atoms with van der Waals surface area (Å²) in [6.45, 7) is 2.22. The van der Waals surface area contributed by atoms with Gasteiger partial charge in [-0.15, -0.1) is 0 Å². The lowest BCUT2D eigenvalue weighted by molar-refractivity contribution is -0.147. The number of nitrogens with one attached hydrogen (secondary N) is 3. The number of aliphatic carboxylic acids is 1. The van der Waals surface area contributed by atoms with E-state index in [1.165, 1.54) is 11.9 Å². The highest BCUT2D eigenvalue weighted by atomic mass is 16.4. The summed E-state index contributed by atoms with van der Waals surface area (Å²) in [5, 5.41) is 16.1. The SMILES string of the molecule is CCCC1CCN(C(=O)C2Cc3c[nH]c4cccc(c34)CC(=O)N2)C1C(=O)NC(CC(=O)O)C(=O)N(C)C(Cc1ccccc1)C(N)=O. The van der Waals surface area contributed by atoms with Gasteiger partial charge in [0.25, 0.3) is 0 Å². The highest BCUT2D eigenvalue weighted by molar-refractivity contribution is 5.99. The summed E-state index contributed by atoms with van der Waals surface area (Å²) in [5.41, 5.74) is 9.00. The highest BCUT2D eigenvalue weighted by Crippen LogP contribution is 2.31. The molecule has 0 aliphatic carbocycles. The van der Waals surface area contributed by atoms with Crippen LogP contribution in [0, 0.1) is 5.92 Å². The summed E-state index contributed by atoms with van der Waals surface area (Å²) in [7, 11) is 1.35. The molecule has 5 rings (SSSR count). The molecule has 254 valence electrons. The van der Waals surface area contributed by atoms with Gasteiger partial charge in [-0.1, -0.05) is 55.8 Å². The Balaban J connectivity index is 1.38. The summed E-state index contributed by atoms with van der Waals surface area (Å²) < 4.78 is 0. The zero-order chi connectivity index (χ0) is 34.5. The molecule has 1 saturated heterocycles. The van der Waals surface area contributed by atoms with Gasteiger partial charge in [0.2, 0.25) is 29.5 Å². The molecule has 5 unspecified atom stereocenters. The molecule has 5 amide bonds. The number of hydrogen-bond acceptors (Lipinski definition) is 6. The fourth-order valence-electron chi connectivity index (χ4n) is 7.11. The molecule has 5 atom stereocenters. The lowest BCUT2D eigenvalue weighted by Gasteiger charge is -2.33. The van der Waals surface area contributed by atoms with Gasteiger partial charge >= 0.3 is 5.97 Å². The maximum absolute atomic E-state index is 14.2. The number of benzene rings is 2. The van der Waals surface area contributed by atoms with Crippen LogP contribution in [0.5, 0.6) is 0 Å². The van der Waals surface area contributed by atoms with Crippen molar-refractivity contribution >= 4 is 46.4 Å². The number of carbonyl (C=O) groups is 6. The molecule has 13 heteroatoms. The number of amides is 5. The number of likely N-dealkylation sites (tertiary alicyclic amines) is 1. The number of aromatic amines is 1. The van der Waals surface area contributed by atoms with Gasteiger partial charge in [-0.05, 0) is 41.5 Å². The number of hydrogen-bond donors (Lipinski definition) is 5. The smallest absolute Gasteiger partial charge is 0.305 e. The average molecular weight is 659 g/mol. The van der Waals surface area contributed by atoms with Crippen molar-refractivity contribution in [3.8, 4) is 0 Å². The van der Waals surface area contributed by atoms with E-state index >= 15 is 0 Å². The molecule has 0 spiro atoms. The average Bonchev–Trinajstić information content (AvgIpc) is 3.66. The number of aromatic nitrogens is 1. The maximum atomic E-state index is 14.2. The van der Waals surface area contributed by atoms with E-state index in [4.69, 9.17) is 5.73 Å². The van der Waals surface area contributed by atoms with Crippen molar-refractivity contribution in [2.24, 2.45) is 11.7 Å². The molecule has 13 nitrogen and oxygen atoms in total. The van der Waals surface area contributed by atoms with Crippen molar-refractivity contribution < 1.29 is 33.9 Å². The Labute approximate surface area is 278 Å². The molecular weight excluding hydrogens is 616 g/mol. The number of primary amides is 1. The predicted octanol–water partition coefficient (Wildman–Crippen LogP) is 1.28. The van der Waals surface area contributed by atoms with Gasteiger partial charge in [0.05, 0.1) is 12.8 Å². The lowest BCUT2D eigenvalue weighted by Crippen LogP contribution is -2.59. The Morgan fingerprint density at radius 2 is 1.83 bits per heavy atom. The number of nitrogens with two attached hydrogens (primary N) is 1. The van der Waals surface area contributed by atoms with Crippen LogP contribution in [0.1, 0.15) is 49.3 Å². The summed E-state index contributed by atoms with van der Waals surface area (Å²) in [4.78, 5) is 85.0. The van der Waals surface area contributed by atoms with Crippen LogP contribution >= 0.6 is 0 Å². The predicted molar refractivity (Wildman–Crippen MR) is 176 cm³/mol. The number of carbonyl (C=O) groups excluding carboxylic acids is 5. The lowest BCUT2D eigenvalue weighted by atomic mass is 9.93. The van der Waals surface area contributed by atoms with Crippen molar-refractivity contribution in [1.29, 1.82) is 0 Å². The zero-order valence-corrected chi connectivity index (χ0v) is 27.1. The van der Waals surface area contributed by atoms with Gasteiger partial charge in [0, 0.05) is 43.5 Å². The van der Waals surface area contributed by atoms with E-state index in [1.54, 1.807) is 24.3 Å². The Bertz CT molecular complexity index is 1710. The molecule has 48 heavy (non-hydrogen) atoms. The second kappa shape index (κ2) is 14.7. The number of rotatable bonds is 12.